The van der Waals surface area contributed by atoms with E-state index in [0.717, 1.165) is 12.8 Å². The lowest BCUT2D eigenvalue weighted by atomic mass is 10.1. The van der Waals surface area contributed by atoms with E-state index in [1.807, 2.05) is 0 Å². The molecule has 0 saturated heterocycles. The van der Waals surface area contributed by atoms with Gasteiger partial charge in [0.1, 0.15) is 6.54 Å². The molecule has 4 nitrogen and oxygen atoms in total. The van der Waals surface area contributed by atoms with E-state index >= 15 is 0 Å². The van der Waals surface area contributed by atoms with Crippen LogP contribution in [0, 0.1) is 0 Å². The summed E-state index contributed by atoms with van der Waals surface area (Å²) in [6, 6.07) is 6.23. The van der Waals surface area contributed by atoms with Gasteiger partial charge in [-0.05, 0) is 25.0 Å². The van der Waals surface area contributed by atoms with Gasteiger partial charge in [-0.15, -0.1) is 0 Å². The molecule has 0 aromatic heterocycles. The maximum absolute atomic E-state index is 12.6. The normalized spacial score (nSPS) is 16.5. The topological polar surface area (TPSA) is 61.9 Å². The van der Waals surface area contributed by atoms with Crippen LogP contribution in [0.1, 0.15) is 18.4 Å². The summed E-state index contributed by atoms with van der Waals surface area (Å²) in [5.41, 5.74) is 6.16. The summed E-state index contributed by atoms with van der Waals surface area (Å²) in [6.07, 6.45) is -2.85. The molecule has 1 aromatic carbocycles. The van der Waals surface area contributed by atoms with Gasteiger partial charge in [0.15, 0.2) is 5.84 Å². The monoisotopic (exact) mass is 273 g/mol. The second kappa shape index (κ2) is 4.99. The fourth-order valence-electron chi connectivity index (χ4n) is 1.98. The number of benzene rings is 1. The second-order valence-corrected chi connectivity index (χ2v) is 4.48. The van der Waals surface area contributed by atoms with Crippen molar-refractivity contribution in [2.24, 2.45) is 10.9 Å². The molecule has 1 aromatic rings. The third kappa shape index (κ3) is 3.30. The van der Waals surface area contributed by atoms with Gasteiger partial charge in [-0.2, -0.15) is 13.2 Å². The molecule has 0 aliphatic heterocycles. The van der Waals surface area contributed by atoms with Crippen LogP contribution in [0.3, 0.4) is 0 Å². The SMILES string of the molecule is N/C(=N/O)c1ccccc1N(CC(F)(F)F)C1CC1. The molecule has 7 heteroatoms. The highest BCUT2D eigenvalue weighted by Gasteiger charge is 2.39. The summed E-state index contributed by atoms with van der Waals surface area (Å²) < 4.78 is 37.9. The third-order valence-electron chi connectivity index (χ3n) is 2.93. The molecule has 1 fully saturated rings. The smallest absolute Gasteiger partial charge is 0.405 e. The van der Waals surface area contributed by atoms with Crippen molar-refractivity contribution in [1.29, 1.82) is 0 Å². The van der Waals surface area contributed by atoms with Gasteiger partial charge in [0, 0.05) is 17.3 Å². The zero-order valence-corrected chi connectivity index (χ0v) is 10.1. The average Bonchev–Trinajstić information content (AvgIpc) is 3.18. The quantitative estimate of drug-likeness (QED) is 0.383. The van der Waals surface area contributed by atoms with E-state index in [1.54, 1.807) is 18.2 Å². The molecule has 0 spiro atoms. The first-order valence-corrected chi connectivity index (χ1v) is 5.82. The summed E-state index contributed by atoms with van der Waals surface area (Å²) in [6.45, 7) is -1.03. The Morgan fingerprint density at radius 3 is 2.53 bits per heavy atom. The summed E-state index contributed by atoms with van der Waals surface area (Å²) in [5, 5.41) is 11.6. The highest BCUT2D eigenvalue weighted by atomic mass is 19.4. The van der Waals surface area contributed by atoms with Crippen LogP contribution in [0.25, 0.3) is 0 Å². The van der Waals surface area contributed by atoms with E-state index in [2.05, 4.69) is 5.16 Å². The molecule has 0 heterocycles. The van der Waals surface area contributed by atoms with Crippen molar-refractivity contribution in [1.82, 2.24) is 0 Å². The van der Waals surface area contributed by atoms with Crippen molar-refractivity contribution >= 4 is 11.5 Å². The number of para-hydroxylation sites is 1. The number of halogens is 3. The molecule has 0 amide bonds. The Hall–Kier alpha value is -1.92. The number of anilines is 1. The molecule has 104 valence electrons. The van der Waals surface area contributed by atoms with E-state index in [4.69, 9.17) is 10.9 Å². The molecule has 2 rings (SSSR count). The maximum atomic E-state index is 12.6. The van der Waals surface area contributed by atoms with E-state index in [1.165, 1.54) is 11.0 Å². The molecule has 19 heavy (non-hydrogen) atoms. The highest BCUT2D eigenvalue weighted by molar-refractivity contribution is 6.02. The molecular formula is C12H14F3N3O. The molecule has 1 aliphatic carbocycles. The fraction of sp³-hybridized carbons (Fsp3) is 0.417. The second-order valence-electron chi connectivity index (χ2n) is 4.48. The lowest BCUT2D eigenvalue weighted by Crippen LogP contribution is -2.37. The zero-order chi connectivity index (χ0) is 14.0. The molecule has 0 unspecified atom stereocenters. The van der Waals surface area contributed by atoms with Crippen molar-refractivity contribution in [2.45, 2.75) is 25.1 Å². The number of amidine groups is 1. The van der Waals surface area contributed by atoms with Crippen LogP contribution in [0.4, 0.5) is 18.9 Å². The first kappa shape index (κ1) is 13.5. The van der Waals surface area contributed by atoms with Crippen molar-refractivity contribution in [3.05, 3.63) is 29.8 Å². The largest absolute Gasteiger partial charge is 0.409 e. The Kier molecular flexibility index (Phi) is 3.55. The van der Waals surface area contributed by atoms with Crippen LogP contribution in [-0.2, 0) is 0 Å². The number of hydrogen-bond donors (Lipinski definition) is 2. The lowest BCUT2D eigenvalue weighted by Gasteiger charge is -2.27. The minimum atomic E-state index is -4.29. The first-order chi connectivity index (χ1) is 8.92. The van der Waals surface area contributed by atoms with Crippen LogP contribution in [0.2, 0.25) is 0 Å². The first-order valence-electron chi connectivity index (χ1n) is 5.82. The van der Waals surface area contributed by atoms with Crippen molar-refractivity contribution in [2.75, 3.05) is 11.4 Å². The number of nitrogens with zero attached hydrogens (tertiary/aromatic N) is 2. The van der Waals surface area contributed by atoms with Crippen LogP contribution < -0.4 is 10.6 Å². The molecular weight excluding hydrogens is 259 g/mol. The van der Waals surface area contributed by atoms with Crippen LogP contribution in [0.5, 0.6) is 0 Å². The number of hydrogen-bond acceptors (Lipinski definition) is 3. The predicted octanol–water partition coefficient (Wildman–Crippen LogP) is 2.31. The highest BCUT2D eigenvalue weighted by Crippen LogP contribution is 2.35. The van der Waals surface area contributed by atoms with Gasteiger partial charge in [0.05, 0.1) is 0 Å². The Morgan fingerprint density at radius 2 is 2.00 bits per heavy atom. The van der Waals surface area contributed by atoms with E-state index in [9.17, 15) is 13.2 Å². The summed E-state index contributed by atoms with van der Waals surface area (Å²) in [7, 11) is 0. The molecule has 0 atom stereocenters. The van der Waals surface area contributed by atoms with Crippen LogP contribution in [0.15, 0.2) is 29.4 Å². The van der Waals surface area contributed by atoms with Gasteiger partial charge < -0.3 is 15.8 Å². The molecule has 0 bridgehead atoms. The van der Waals surface area contributed by atoms with Gasteiger partial charge >= 0.3 is 6.18 Å². The Labute approximate surface area is 108 Å². The molecule has 1 saturated carbocycles. The predicted molar refractivity (Wildman–Crippen MR) is 65.4 cm³/mol. The van der Waals surface area contributed by atoms with Crippen molar-refractivity contribution < 1.29 is 18.4 Å². The van der Waals surface area contributed by atoms with E-state index < -0.39 is 12.7 Å². The summed E-state index contributed by atoms with van der Waals surface area (Å²) in [4.78, 5) is 1.27. The van der Waals surface area contributed by atoms with Gasteiger partial charge in [-0.3, -0.25) is 0 Å². The lowest BCUT2D eigenvalue weighted by molar-refractivity contribution is -0.120. The van der Waals surface area contributed by atoms with Crippen molar-refractivity contribution in [3.8, 4) is 0 Å². The van der Waals surface area contributed by atoms with Gasteiger partial charge in [-0.1, -0.05) is 17.3 Å². The Morgan fingerprint density at radius 1 is 1.37 bits per heavy atom. The third-order valence-corrected chi connectivity index (χ3v) is 2.93. The average molecular weight is 273 g/mol. The van der Waals surface area contributed by atoms with Crippen LogP contribution in [-0.4, -0.2) is 29.8 Å². The summed E-state index contributed by atoms with van der Waals surface area (Å²) in [5.74, 6) is -0.191. The van der Waals surface area contributed by atoms with Crippen molar-refractivity contribution in [3.63, 3.8) is 0 Å². The van der Waals surface area contributed by atoms with Gasteiger partial charge in [-0.25, -0.2) is 0 Å². The maximum Gasteiger partial charge on any atom is 0.405 e. The standard InChI is InChI=1S/C12H14F3N3O/c13-12(14,15)7-18(8-5-6-8)10-4-2-1-3-9(10)11(16)17-19/h1-4,8,19H,5-7H2,(H2,16,17). The fourth-order valence-corrected chi connectivity index (χ4v) is 1.98. The molecule has 3 N–H and O–H groups in total. The van der Waals surface area contributed by atoms with Gasteiger partial charge in [0.2, 0.25) is 0 Å². The minimum absolute atomic E-state index is 0.130. The minimum Gasteiger partial charge on any atom is -0.409 e. The molecule has 0 radical (unpaired) electrons. The number of alkyl halides is 3. The number of rotatable bonds is 4. The van der Waals surface area contributed by atoms with E-state index in [0.29, 0.717) is 11.3 Å². The van der Waals surface area contributed by atoms with Gasteiger partial charge in [0.25, 0.3) is 0 Å². The summed E-state index contributed by atoms with van der Waals surface area (Å²) >= 11 is 0. The zero-order valence-electron chi connectivity index (χ0n) is 10.1. The number of nitrogens with two attached hydrogens (primary N) is 1. The molecule has 1 aliphatic rings. The van der Waals surface area contributed by atoms with E-state index in [-0.39, 0.29) is 11.9 Å². The number of oxime groups is 1. The van der Waals surface area contributed by atoms with Crippen LogP contribution >= 0.6 is 0 Å². The Bertz CT molecular complexity index is 483. The Balaban J connectivity index is 2.37.